The first-order valence-corrected chi connectivity index (χ1v) is 13.0. The van der Waals surface area contributed by atoms with Crippen molar-refractivity contribution in [1.82, 2.24) is 24.5 Å². The molecule has 7 heteroatoms. The molecule has 2 aromatic rings. The van der Waals surface area contributed by atoms with E-state index in [4.69, 9.17) is 0 Å². The Labute approximate surface area is 204 Å². The van der Waals surface area contributed by atoms with Crippen LogP contribution >= 0.6 is 0 Å². The summed E-state index contributed by atoms with van der Waals surface area (Å²) in [4.78, 5) is 35.2. The molecule has 0 unspecified atom stereocenters. The molecule has 1 aliphatic rings. The number of carbonyl (C=O) groups excluding carboxylic acids is 2. The SMILES string of the molecule is CNC(=O)c1nc2ccc(C(=O)N(CCC(C)C)CCC(C)C)cn2c1CCCN1CCCC1. The molecule has 0 aliphatic carbocycles. The largest absolute Gasteiger partial charge is 0.354 e. The molecule has 7 nitrogen and oxygen atoms in total. The molecule has 3 heterocycles. The third kappa shape index (κ3) is 6.81. The van der Waals surface area contributed by atoms with E-state index in [2.05, 4.69) is 42.9 Å². The Morgan fingerprint density at radius 1 is 1.06 bits per heavy atom. The van der Waals surface area contributed by atoms with Gasteiger partial charge in [-0.3, -0.25) is 9.59 Å². The Hall–Kier alpha value is -2.41. The van der Waals surface area contributed by atoms with Crippen LogP contribution in [0.5, 0.6) is 0 Å². The summed E-state index contributed by atoms with van der Waals surface area (Å²) in [5.41, 5.74) is 2.72. The highest BCUT2D eigenvalue weighted by Crippen LogP contribution is 2.19. The van der Waals surface area contributed by atoms with E-state index in [0.29, 0.717) is 28.7 Å². The van der Waals surface area contributed by atoms with Crippen LogP contribution in [0, 0.1) is 11.8 Å². The molecule has 0 aromatic carbocycles. The van der Waals surface area contributed by atoms with Gasteiger partial charge in [0.15, 0.2) is 0 Å². The van der Waals surface area contributed by atoms with Crippen LogP contribution in [0.15, 0.2) is 18.3 Å². The normalized spacial score (nSPS) is 14.4. The van der Waals surface area contributed by atoms with Gasteiger partial charge in [-0.05, 0) is 82.1 Å². The molecule has 0 spiro atoms. The number of likely N-dealkylation sites (tertiary alicyclic amines) is 1. The number of carbonyl (C=O) groups is 2. The van der Waals surface area contributed by atoms with Crippen LogP contribution in [-0.4, -0.2) is 70.8 Å². The Bertz CT molecular complexity index is 947. The summed E-state index contributed by atoms with van der Waals surface area (Å²) in [6.07, 6.45) is 8.12. The number of fused-ring (bicyclic) bond motifs is 1. The topological polar surface area (TPSA) is 70.0 Å². The first kappa shape index (κ1) is 26.2. The molecular weight excluding hydrogens is 426 g/mol. The molecule has 1 saturated heterocycles. The predicted molar refractivity (Wildman–Crippen MR) is 137 cm³/mol. The van der Waals surface area contributed by atoms with Crippen molar-refractivity contribution in [3.63, 3.8) is 0 Å². The highest BCUT2D eigenvalue weighted by Gasteiger charge is 2.22. The van der Waals surface area contributed by atoms with Gasteiger partial charge >= 0.3 is 0 Å². The number of nitrogens with zero attached hydrogens (tertiary/aromatic N) is 4. The van der Waals surface area contributed by atoms with Gasteiger partial charge in [-0.2, -0.15) is 0 Å². The Kier molecular flexibility index (Phi) is 9.51. The zero-order valence-corrected chi connectivity index (χ0v) is 21.8. The van der Waals surface area contributed by atoms with Crippen LogP contribution in [0.25, 0.3) is 5.65 Å². The van der Waals surface area contributed by atoms with E-state index in [1.165, 1.54) is 12.8 Å². The number of amides is 2. The monoisotopic (exact) mass is 469 g/mol. The van der Waals surface area contributed by atoms with Gasteiger partial charge in [0.2, 0.25) is 0 Å². The number of aryl methyl sites for hydroxylation is 1. The van der Waals surface area contributed by atoms with Crippen LogP contribution in [0.2, 0.25) is 0 Å². The first-order valence-electron chi connectivity index (χ1n) is 13.0. The highest BCUT2D eigenvalue weighted by atomic mass is 16.2. The van der Waals surface area contributed by atoms with Gasteiger partial charge in [-0.15, -0.1) is 0 Å². The fourth-order valence-corrected chi connectivity index (χ4v) is 4.56. The highest BCUT2D eigenvalue weighted by molar-refractivity contribution is 5.96. The molecule has 0 bridgehead atoms. The van der Waals surface area contributed by atoms with E-state index in [1.807, 2.05) is 27.6 Å². The van der Waals surface area contributed by atoms with E-state index < -0.39 is 0 Å². The smallest absolute Gasteiger partial charge is 0.271 e. The third-order valence-corrected chi connectivity index (χ3v) is 6.73. The first-order chi connectivity index (χ1) is 16.3. The minimum atomic E-state index is -0.178. The number of hydrogen-bond donors (Lipinski definition) is 1. The lowest BCUT2D eigenvalue weighted by Gasteiger charge is -2.24. The van der Waals surface area contributed by atoms with E-state index in [1.54, 1.807) is 7.05 Å². The maximum atomic E-state index is 13.5. The molecule has 1 fully saturated rings. The summed E-state index contributed by atoms with van der Waals surface area (Å²) >= 11 is 0. The van der Waals surface area contributed by atoms with Crippen molar-refractivity contribution in [2.24, 2.45) is 11.8 Å². The van der Waals surface area contributed by atoms with Crippen LogP contribution in [-0.2, 0) is 6.42 Å². The summed E-state index contributed by atoms with van der Waals surface area (Å²) in [6, 6.07) is 3.72. The summed E-state index contributed by atoms with van der Waals surface area (Å²) in [5.74, 6) is 0.968. The van der Waals surface area contributed by atoms with Crippen LogP contribution in [0.4, 0.5) is 0 Å². The second kappa shape index (κ2) is 12.3. The fraction of sp³-hybridized carbons (Fsp3) is 0.667. The Morgan fingerprint density at radius 3 is 2.29 bits per heavy atom. The van der Waals surface area contributed by atoms with E-state index in [-0.39, 0.29) is 11.8 Å². The van der Waals surface area contributed by atoms with Crippen molar-refractivity contribution < 1.29 is 9.59 Å². The lowest BCUT2D eigenvalue weighted by Crippen LogP contribution is -2.34. The lowest BCUT2D eigenvalue weighted by atomic mass is 10.1. The minimum absolute atomic E-state index is 0.0569. The molecule has 3 rings (SSSR count). The number of imidazole rings is 1. The summed E-state index contributed by atoms with van der Waals surface area (Å²) < 4.78 is 1.96. The van der Waals surface area contributed by atoms with Gasteiger partial charge < -0.3 is 19.5 Å². The fourth-order valence-electron chi connectivity index (χ4n) is 4.56. The molecular formula is C27H43N5O2. The molecule has 0 atom stereocenters. The van der Waals surface area contributed by atoms with E-state index in [9.17, 15) is 9.59 Å². The standard InChI is InChI=1S/C27H43N5O2/c1-20(2)12-17-31(18-13-21(3)4)27(34)22-10-11-24-29-25(26(33)28-5)23(32(24)19-22)9-8-16-30-14-6-7-15-30/h10-11,19-21H,6-9,12-18H2,1-5H3,(H,28,33). The van der Waals surface area contributed by atoms with E-state index >= 15 is 0 Å². The maximum absolute atomic E-state index is 13.5. The predicted octanol–water partition coefficient (Wildman–Crippen LogP) is 4.26. The number of rotatable bonds is 12. The molecule has 34 heavy (non-hydrogen) atoms. The van der Waals surface area contributed by atoms with Gasteiger partial charge in [0.1, 0.15) is 11.3 Å². The van der Waals surface area contributed by atoms with Crippen molar-refractivity contribution in [2.75, 3.05) is 39.8 Å². The minimum Gasteiger partial charge on any atom is -0.354 e. The second-order valence-corrected chi connectivity index (χ2v) is 10.4. The number of nitrogens with one attached hydrogen (secondary N) is 1. The summed E-state index contributed by atoms with van der Waals surface area (Å²) in [7, 11) is 1.64. The van der Waals surface area contributed by atoms with Gasteiger partial charge in [0.25, 0.3) is 11.8 Å². The average molecular weight is 470 g/mol. The van der Waals surface area contributed by atoms with Crippen molar-refractivity contribution >= 4 is 17.5 Å². The summed E-state index contributed by atoms with van der Waals surface area (Å²) in [5, 5.41) is 2.72. The Morgan fingerprint density at radius 2 is 1.71 bits per heavy atom. The maximum Gasteiger partial charge on any atom is 0.271 e. The van der Waals surface area contributed by atoms with Crippen molar-refractivity contribution in [1.29, 1.82) is 0 Å². The molecule has 0 saturated carbocycles. The second-order valence-electron chi connectivity index (χ2n) is 10.4. The van der Waals surface area contributed by atoms with Gasteiger partial charge in [-0.1, -0.05) is 27.7 Å². The third-order valence-electron chi connectivity index (χ3n) is 6.73. The number of aromatic nitrogens is 2. The van der Waals surface area contributed by atoms with Gasteiger partial charge in [0.05, 0.1) is 11.3 Å². The quantitative estimate of drug-likeness (QED) is 0.504. The van der Waals surface area contributed by atoms with Gasteiger partial charge in [0, 0.05) is 26.3 Å². The molecule has 188 valence electrons. The zero-order chi connectivity index (χ0) is 24.7. The average Bonchev–Trinajstić information content (AvgIpc) is 3.45. The Balaban J connectivity index is 1.86. The van der Waals surface area contributed by atoms with Crippen LogP contribution < -0.4 is 5.32 Å². The number of pyridine rings is 1. The molecule has 2 amide bonds. The van der Waals surface area contributed by atoms with Crippen LogP contribution in [0.1, 0.15) is 86.3 Å². The summed E-state index contributed by atoms with van der Waals surface area (Å²) in [6.45, 7) is 13.6. The van der Waals surface area contributed by atoms with Crippen LogP contribution in [0.3, 0.4) is 0 Å². The van der Waals surface area contributed by atoms with E-state index in [0.717, 1.165) is 64.1 Å². The molecule has 0 radical (unpaired) electrons. The van der Waals surface area contributed by atoms with Crippen molar-refractivity contribution in [3.8, 4) is 0 Å². The lowest BCUT2D eigenvalue weighted by molar-refractivity contribution is 0.0740. The molecule has 1 aliphatic heterocycles. The van der Waals surface area contributed by atoms with Crippen molar-refractivity contribution in [2.45, 2.75) is 66.2 Å². The van der Waals surface area contributed by atoms with Crippen molar-refractivity contribution in [3.05, 3.63) is 35.3 Å². The number of hydrogen-bond acceptors (Lipinski definition) is 4. The van der Waals surface area contributed by atoms with Gasteiger partial charge in [-0.25, -0.2) is 4.98 Å². The molecule has 2 aromatic heterocycles. The molecule has 1 N–H and O–H groups in total. The zero-order valence-electron chi connectivity index (χ0n) is 21.8.